The summed E-state index contributed by atoms with van der Waals surface area (Å²) in [6, 6.07) is 11.5. The average molecular weight is 380 g/mol. The Hall–Kier alpha value is -2.69. The van der Waals surface area contributed by atoms with Gasteiger partial charge >= 0.3 is 0 Å². The number of nitrogens with zero attached hydrogens (tertiary/aromatic N) is 3. The standard InChI is InChI=1S/C23H29N3O2/c1-19(27)26-17-9-5-3-2-4-8-16-25(18-21-10-6-7-11-22(21)26)23(28)20-12-14-24-15-13-20/h6-7,10-15H,2-5,8-9,16-18H2,1H3. The minimum atomic E-state index is 0.0152. The highest BCUT2D eigenvalue weighted by Crippen LogP contribution is 2.25. The molecule has 1 aromatic heterocycles. The highest BCUT2D eigenvalue weighted by atomic mass is 16.2. The van der Waals surface area contributed by atoms with Crippen LogP contribution >= 0.6 is 0 Å². The predicted octanol–water partition coefficient (Wildman–Crippen LogP) is 4.43. The topological polar surface area (TPSA) is 53.5 Å². The summed E-state index contributed by atoms with van der Waals surface area (Å²) in [5, 5.41) is 0. The number of anilines is 1. The number of carbonyl (C=O) groups excluding carboxylic acids is 2. The smallest absolute Gasteiger partial charge is 0.254 e. The molecular formula is C23H29N3O2. The summed E-state index contributed by atoms with van der Waals surface area (Å²) in [7, 11) is 0. The lowest BCUT2D eigenvalue weighted by Gasteiger charge is -2.28. The molecule has 0 N–H and O–H groups in total. The lowest BCUT2D eigenvalue weighted by Crippen LogP contribution is -2.34. The largest absolute Gasteiger partial charge is 0.334 e. The molecule has 2 heterocycles. The lowest BCUT2D eigenvalue weighted by atomic mass is 10.1. The zero-order chi connectivity index (χ0) is 19.8. The van der Waals surface area contributed by atoms with Crippen LogP contribution in [0.5, 0.6) is 0 Å². The Morgan fingerprint density at radius 2 is 1.50 bits per heavy atom. The number of amides is 2. The first-order chi connectivity index (χ1) is 13.7. The number of carbonyl (C=O) groups is 2. The van der Waals surface area contributed by atoms with Gasteiger partial charge in [-0.2, -0.15) is 0 Å². The SMILES string of the molecule is CC(=O)N1CCCCCCCCN(C(=O)c2ccncc2)Cc2ccccc21. The molecule has 1 aromatic carbocycles. The van der Waals surface area contributed by atoms with E-state index in [1.54, 1.807) is 31.5 Å². The van der Waals surface area contributed by atoms with E-state index in [2.05, 4.69) is 4.98 Å². The van der Waals surface area contributed by atoms with E-state index in [9.17, 15) is 9.59 Å². The van der Waals surface area contributed by atoms with Crippen LogP contribution < -0.4 is 4.90 Å². The third-order valence-corrected chi connectivity index (χ3v) is 5.30. The van der Waals surface area contributed by atoms with Crippen molar-refractivity contribution in [3.8, 4) is 0 Å². The molecule has 0 radical (unpaired) electrons. The number of rotatable bonds is 1. The van der Waals surface area contributed by atoms with Crippen molar-refractivity contribution in [1.29, 1.82) is 0 Å². The van der Waals surface area contributed by atoms with E-state index < -0.39 is 0 Å². The van der Waals surface area contributed by atoms with Crippen molar-refractivity contribution in [1.82, 2.24) is 9.88 Å². The second-order valence-corrected chi connectivity index (χ2v) is 7.38. The summed E-state index contributed by atoms with van der Waals surface area (Å²) >= 11 is 0. The summed E-state index contributed by atoms with van der Waals surface area (Å²) in [4.78, 5) is 33.2. The van der Waals surface area contributed by atoms with E-state index in [0.717, 1.165) is 50.0 Å². The van der Waals surface area contributed by atoms with Crippen molar-refractivity contribution in [3.63, 3.8) is 0 Å². The van der Waals surface area contributed by atoms with E-state index in [1.165, 1.54) is 12.8 Å². The molecular weight excluding hydrogens is 350 g/mol. The lowest BCUT2D eigenvalue weighted by molar-refractivity contribution is -0.116. The fourth-order valence-electron chi connectivity index (χ4n) is 3.77. The van der Waals surface area contributed by atoms with Crippen molar-refractivity contribution in [2.75, 3.05) is 18.0 Å². The third kappa shape index (κ3) is 5.18. The molecule has 0 spiro atoms. The highest BCUT2D eigenvalue weighted by Gasteiger charge is 2.20. The van der Waals surface area contributed by atoms with Gasteiger partial charge in [0.05, 0.1) is 0 Å². The van der Waals surface area contributed by atoms with Crippen molar-refractivity contribution in [3.05, 3.63) is 59.9 Å². The van der Waals surface area contributed by atoms with Gasteiger partial charge in [0.25, 0.3) is 5.91 Å². The van der Waals surface area contributed by atoms with Crippen molar-refractivity contribution < 1.29 is 9.59 Å². The monoisotopic (exact) mass is 379 g/mol. The first kappa shape index (κ1) is 20.1. The number of para-hydroxylation sites is 1. The van der Waals surface area contributed by atoms with Crippen LogP contribution in [-0.4, -0.2) is 34.8 Å². The van der Waals surface area contributed by atoms with E-state index in [4.69, 9.17) is 0 Å². The van der Waals surface area contributed by atoms with Crippen LogP contribution in [0.3, 0.4) is 0 Å². The summed E-state index contributed by atoms with van der Waals surface area (Å²) in [6.45, 7) is 3.57. The van der Waals surface area contributed by atoms with Gasteiger partial charge in [-0.25, -0.2) is 0 Å². The number of hydrogen-bond donors (Lipinski definition) is 0. The Morgan fingerprint density at radius 3 is 2.21 bits per heavy atom. The van der Waals surface area contributed by atoms with Gasteiger partial charge in [-0.3, -0.25) is 14.6 Å². The molecule has 148 valence electrons. The maximum atomic E-state index is 13.1. The van der Waals surface area contributed by atoms with Crippen LogP contribution in [0.2, 0.25) is 0 Å². The Bertz CT molecular complexity index is 791. The first-order valence-corrected chi connectivity index (χ1v) is 10.2. The third-order valence-electron chi connectivity index (χ3n) is 5.30. The van der Waals surface area contributed by atoms with Gasteiger partial charge < -0.3 is 9.80 Å². The molecule has 0 bridgehead atoms. The number of benzene rings is 1. The van der Waals surface area contributed by atoms with Crippen LogP contribution in [0.4, 0.5) is 5.69 Å². The number of pyridine rings is 1. The molecule has 0 fully saturated rings. The molecule has 0 unspecified atom stereocenters. The zero-order valence-electron chi connectivity index (χ0n) is 16.6. The van der Waals surface area contributed by atoms with Gasteiger partial charge in [-0.05, 0) is 36.6 Å². The minimum absolute atomic E-state index is 0.0152. The zero-order valence-corrected chi connectivity index (χ0v) is 16.6. The first-order valence-electron chi connectivity index (χ1n) is 10.2. The van der Waals surface area contributed by atoms with Gasteiger partial charge in [0.15, 0.2) is 0 Å². The molecule has 3 rings (SSSR count). The quantitative estimate of drug-likeness (QED) is 0.736. The van der Waals surface area contributed by atoms with E-state index in [0.29, 0.717) is 12.1 Å². The molecule has 0 saturated carbocycles. The number of hydrogen-bond acceptors (Lipinski definition) is 3. The summed E-state index contributed by atoms with van der Waals surface area (Å²) in [5.41, 5.74) is 2.58. The van der Waals surface area contributed by atoms with Crippen LogP contribution in [0.1, 0.15) is 61.4 Å². The van der Waals surface area contributed by atoms with E-state index in [-0.39, 0.29) is 11.8 Å². The van der Waals surface area contributed by atoms with Crippen LogP contribution in [0, 0.1) is 0 Å². The molecule has 0 saturated heterocycles. The van der Waals surface area contributed by atoms with Gasteiger partial charge in [-0.15, -0.1) is 0 Å². The van der Waals surface area contributed by atoms with Crippen molar-refractivity contribution in [2.45, 2.75) is 52.0 Å². The Balaban J connectivity index is 1.92. The van der Waals surface area contributed by atoms with Gasteiger partial charge in [-0.1, -0.05) is 43.9 Å². The number of aromatic nitrogens is 1. The molecule has 1 aliphatic heterocycles. The minimum Gasteiger partial charge on any atom is -0.334 e. The molecule has 0 atom stereocenters. The summed E-state index contributed by atoms with van der Waals surface area (Å²) in [5.74, 6) is 0.0655. The molecule has 5 nitrogen and oxygen atoms in total. The summed E-state index contributed by atoms with van der Waals surface area (Å²) in [6.07, 6.45) is 9.90. The molecule has 2 aromatic rings. The maximum Gasteiger partial charge on any atom is 0.254 e. The van der Waals surface area contributed by atoms with Crippen molar-refractivity contribution >= 4 is 17.5 Å². The molecule has 1 aliphatic rings. The predicted molar refractivity (Wildman–Crippen MR) is 111 cm³/mol. The molecule has 28 heavy (non-hydrogen) atoms. The van der Waals surface area contributed by atoms with Gasteiger partial charge in [0.1, 0.15) is 0 Å². The van der Waals surface area contributed by atoms with E-state index >= 15 is 0 Å². The van der Waals surface area contributed by atoms with Crippen LogP contribution in [0.15, 0.2) is 48.8 Å². The van der Waals surface area contributed by atoms with Crippen molar-refractivity contribution in [2.24, 2.45) is 0 Å². The van der Waals surface area contributed by atoms with Crippen LogP contribution in [-0.2, 0) is 11.3 Å². The Kier molecular flexibility index (Phi) is 7.18. The molecule has 2 amide bonds. The molecule has 0 aliphatic carbocycles. The normalized spacial score (nSPS) is 16.3. The Labute approximate surface area is 167 Å². The van der Waals surface area contributed by atoms with E-state index in [1.807, 2.05) is 34.1 Å². The fraction of sp³-hybridized carbons (Fsp3) is 0.435. The summed E-state index contributed by atoms with van der Waals surface area (Å²) < 4.78 is 0. The average Bonchev–Trinajstić information content (AvgIpc) is 2.73. The Morgan fingerprint density at radius 1 is 0.857 bits per heavy atom. The van der Waals surface area contributed by atoms with Crippen LogP contribution in [0.25, 0.3) is 0 Å². The second kappa shape index (κ2) is 10.0. The second-order valence-electron chi connectivity index (χ2n) is 7.38. The van der Waals surface area contributed by atoms with Gasteiger partial charge in [0.2, 0.25) is 5.91 Å². The fourth-order valence-corrected chi connectivity index (χ4v) is 3.77. The highest BCUT2D eigenvalue weighted by molar-refractivity contribution is 5.95. The maximum absolute atomic E-state index is 13.1. The van der Waals surface area contributed by atoms with Gasteiger partial charge in [0, 0.05) is 50.2 Å². The molecule has 5 heteroatoms. The number of fused-ring (bicyclic) bond motifs is 1.